The second-order valence-corrected chi connectivity index (χ2v) is 6.76. The fourth-order valence-electron chi connectivity index (χ4n) is 2.96. The molecule has 0 aliphatic carbocycles. The van der Waals surface area contributed by atoms with Crippen LogP contribution in [0.15, 0.2) is 10.6 Å². The molecule has 146 valence electrons. The maximum absolute atomic E-state index is 12.6. The van der Waals surface area contributed by atoms with Crippen LogP contribution in [0, 0.1) is 6.92 Å². The quantitative estimate of drug-likeness (QED) is 0.579. The van der Waals surface area contributed by atoms with Crippen molar-refractivity contribution >= 4 is 17.6 Å². The predicted molar refractivity (Wildman–Crippen MR) is 97.0 cm³/mol. The Kier molecular flexibility index (Phi) is 8.57. The molecule has 2 rings (SSSR count). The van der Waals surface area contributed by atoms with Crippen LogP contribution >= 0.6 is 0 Å². The predicted octanol–water partition coefficient (Wildman–Crippen LogP) is 0.246. The van der Waals surface area contributed by atoms with E-state index < -0.39 is 0 Å². The van der Waals surface area contributed by atoms with Crippen molar-refractivity contribution in [2.75, 3.05) is 51.3 Å². The summed E-state index contributed by atoms with van der Waals surface area (Å²) in [5.41, 5.74) is 0. The summed E-state index contributed by atoms with van der Waals surface area (Å²) in [5.74, 6) is 0.796. The van der Waals surface area contributed by atoms with Crippen molar-refractivity contribution in [1.29, 1.82) is 0 Å². The Balaban J connectivity index is 1.87. The summed E-state index contributed by atoms with van der Waals surface area (Å²) in [5, 5.41) is 6.45. The van der Waals surface area contributed by atoms with Crippen LogP contribution in [0.3, 0.4) is 0 Å². The van der Waals surface area contributed by atoms with E-state index in [1.165, 1.54) is 4.90 Å². The van der Waals surface area contributed by atoms with Crippen LogP contribution in [-0.2, 0) is 14.3 Å². The smallest absolute Gasteiger partial charge is 0.245 e. The fraction of sp³-hybridized carbons (Fsp3) is 0.722. The summed E-state index contributed by atoms with van der Waals surface area (Å²) >= 11 is 0. The Morgan fingerprint density at radius 2 is 2.08 bits per heavy atom. The number of hydrogen-bond donors (Lipinski definition) is 2. The Bertz CT molecular complexity index is 569. The van der Waals surface area contributed by atoms with Crippen LogP contribution in [-0.4, -0.2) is 67.8 Å². The van der Waals surface area contributed by atoms with Crippen molar-refractivity contribution < 1.29 is 23.7 Å². The summed E-state index contributed by atoms with van der Waals surface area (Å²) in [6, 6.07) is 1.66. The van der Waals surface area contributed by atoms with Gasteiger partial charge in [0.2, 0.25) is 11.8 Å². The van der Waals surface area contributed by atoms with Crippen molar-refractivity contribution in [3.63, 3.8) is 0 Å². The van der Waals surface area contributed by atoms with Gasteiger partial charge < -0.3 is 24.4 Å². The number of nitrogens with one attached hydrogen (secondary N) is 2. The molecule has 1 aliphatic heterocycles. The van der Waals surface area contributed by atoms with Crippen molar-refractivity contribution in [2.45, 2.75) is 39.5 Å². The number of aryl methyl sites for hydroxylation is 1. The third kappa shape index (κ3) is 7.13. The van der Waals surface area contributed by atoms with E-state index in [0.29, 0.717) is 24.5 Å². The highest BCUT2D eigenvalue weighted by Crippen LogP contribution is 2.08. The van der Waals surface area contributed by atoms with Crippen molar-refractivity contribution in [1.82, 2.24) is 10.1 Å². The third-order valence-corrected chi connectivity index (χ3v) is 4.51. The standard InChI is InChI=1S/C18H30N4O4/c1-3-4-5-6-18(24)22(8-7-21-9-11-25-12-10-21)14-17(23)19-16-13-15(2)26-20-16/h13H,3-12,14H2,1-2H3,(H,19,20,23)/p+1. The first-order valence-electron chi connectivity index (χ1n) is 9.50. The fourth-order valence-corrected chi connectivity index (χ4v) is 2.96. The van der Waals surface area contributed by atoms with Gasteiger partial charge in [0.15, 0.2) is 5.82 Å². The maximum atomic E-state index is 12.6. The van der Waals surface area contributed by atoms with Gasteiger partial charge in [-0.2, -0.15) is 0 Å². The molecular formula is C18H31N4O4+. The molecule has 1 saturated heterocycles. The lowest BCUT2D eigenvalue weighted by Gasteiger charge is -2.27. The number of morpholine rings is 1. The molecule has 8 nitrogen and oxygen atoms in total. The molecule has 0 unspecified atom stereocenters. The van der Waals surface area contributed by atoms with Crippen LogP contribution in [0.1, 0.15) is 38.4 Å². The average molecular weight is 367 g/mol. The lowest BCUT2D eigenvalue weighted by Crippen LogP contribution is -3.14. The molecule has 0 bridgehead atoms. The summed E-state index contributed by atoms with van der Waals surface area (Å²) in [7, 11) is 0. The number of ether oxygens (including phenoxy) is 1. The lowest BCUT2D eigenvalue weighted by atomic mass is 10.2. The van der Waals surface area contributed by atoms with Crippen LogP contribution in [0.2, 0.25) is 0 Å². The molecule has 8 heteroatoms. The lowest BCUT2D eigenvalue weighted by molar-refractivity contribution is -0.907. The zero-order chi connectivity index (χ0) is 18.8. The number of carbonyl (C=O) groups is 2. The zero-order valence-corrected chi connectivity index (χ0v) is 15.9. The summed E-state index contributed by atoms with van der Waals surface area (Å²) in [6.45, 7) is 8.72. The van der Waals surface area contributed by atoms with Gasteiger partial charge in [0.25, 0.3) is 0 Å². The number of hydrogen-bond acceptors (Lipinski definition) is 5. The molecule has 0 radical (unpaired) electrons. The molecule has 1 aromatic heterocycles. The molecule has 0 aromatic carbocycles. The minimum atomic E-state index is -0.251. The van der Waals surface area contributed by atoms with Gasteiger partial charge in [-0.15, -0.1) is 0 Å². The largest absolute Gasteiger partial charge is 0.370 e. The summed E-state index contributed by atoms with van der Waals surface area (Å²) < 4.78 is 10.3. The highest BCUT2D eigenvalue weighted by molar-refractivity contribution is 5.93. The van der Waals surface area contributed by atoms with Crippen molar-refractivity contribution in [3.8, 4) is 0 Å². The highest BCUT2D eigenvalue weighted by atomic mass is 16.5. The molecule has 26 heavy (non-hydrogen) atoms. The Morgan fingerprint density at radius 3 is 2.73 bits per heavy atom. The first kappa shape index (κ1) is 20.4. The van der Waals surface area contributed by atoms with Crippen molar-refractivity contribution in [2.24, 2.45) is 0 Å². The molecule has 2 N–H and O–H groups in total. The van der Waals surface area contributed by atoms with Gasteiger partial charge in [-0.3, -0.25) is 9.59 Å². The van der Waals surface area contributed by atoms with Crippen LogP contribution in [0.4, 0.5) is 5.82 Å². The Labute approximate surface area is 154 Å². The van der Waals surface area contributed by atoms with E-state index in [2.05, 4.69) is 17.4 Å². The average Bonchev–Trinajstić information content (AvgIpc) is 3.04. The first-order valence-corrected chi connectivity index (χ1v) is 9.50. The number of nitrogens with zero attached hydrogens (tertiary/aromatic N) is 2. The maximum Gasteiger partial charge on any atom is 0.245 e. The third-order valence-electron chi connectivity index (χ3n) is 4.51. The van der Waals surface area contributed by atoms with Gasteiger partial charge in [0.05, 0.1) is 26.3 Å². The van der Waals surface area contributed by atoms with Gasteiger partial charge in [0, 0.05) is 12.5 Å². The molecule has 1 aromatic rings. The van der Waals surface area contributed by atoms with Gasteiger partial charge >= 0.3 is 0 Å². The highest BCUT2D eigenvalue weighted by Gasteiger charge is 2.21. The van der Waals surface area contributed by atoms with E-state index in [-0.39, 0.29) is 18.4 Å². The number of carbonyl (C=O) groups excluding carboxylic acids is 2. The first-order chi connectivity index (χ1) is 12.6. The number of anilines is 1. The minimum absolute atomic E-state index is 0.0394. The van der Waals surface area contributed by atoms with Gasteiger partial charge in [-0.05, 0) is 13.3 Å². The second kappa shape index (κ2) is 10.9. The number of rotatable bonds is 10. The van der Waals surface area contributed by atoms with Crippen molar-refractivity contribution in [3.05, 3.63) is 11.8 Å². The molecule has 0 spiro atoms. The molecule has 0 atom stereocenters. The number of quaternary nitrogens is 1. The minimum Gasteiger partial charge on any atom is -0.370 e. The van der Waals surface area contributed by atoms with Crippen LogP contribution in [0.25, 0.3) is 0 Å². The van der Waals surface area contributed by atoms with E-state index in [4.69, 9.17) is 9.26 Å². The van der Waals surface area contributed by atoms with Gasteiger partial charge in [-0.1, -0.05) is 24.9 Å². The number of unbranched alkanes of at least 4 members (excludes halogenated alkanes) is 2. The molecular weight excluding hydrogens is 336 g/mol. The Morgan fingerprint density at radius 1 is 1.31 bits per heavy atom. The molecule has 1 aliphatic rings. The van der Waals surface area contributed by atoms with E-state index >= 15 is 0 Å². The number of amides is 2. The monoisotopic (exact) mass is 367 g/mol. The topological polar surface area (TPSA) is 89.1 Å². The SMILES string of the molecule is CCCCCC(=O)N(CC[NH+]1CCOCC1)CC(=O)Nc1cc(C)on1. The molecule has 1 fully saturated rings. The second-order valence-electron chi connectivity index (χ2n) is 6.76. The Hall–Kier alpha value is -1.93. The van der Waals surface area contributed by atoms with E-state index in [1.807, 2.05) is 0 Å². The van der Waals surface area contributed by atoms with Crippen LogP contribution < -0.4 is 10.2 Å². The summed E-state index contributed by atoms with van der Waals surface area (Å²) in [6.07, 6.45) is 3.44. The van der Waals surface area contributed by atoms with Gasteiger partial charge in [0.1, 0.15) is 25.4 Å². The van der Waals surface area contributed by atoms with E-state index in [0.717, 1.165) is 52.1 Å². The van der Waals surface area contributed by atoms with Crippen LogP contribution in [0.5, 0.6) is 0 Å². The zero-order valence-electron chi connectivity index (χ0n) is 15.9. The van der Waals surface area contributed by atoms with E-state index in [1.54, 1.807) is 17.9 Å². The normalized spacial score (nSPS) is 15.0. The molecule has 2 amide bonds. The van der Waals surface area contributed by atoms with E-state index in [9.17, 15) is 9.59 Å². The summed E-state index contributed by atoms with van der Waals surface area (Å²) in [4.78, 5) is 27.9. The molecule has 0 saturated carbocycles. The molecule has 2 heterocycles. The number of aromatic nitrogens is 1. The van der Waals surface area contributed by atoms with Gasteiger partial charge in [-0.25, -0.2) is 0 Å².